The number of alkyl halides is 8. The summed E-state index contributed by atoms with van der Waals surface area (Å²) >= 11 is 69.2. The Kier molecular flexibility index (Phi) is 3.07. The monoisotopic (exact) mass is 583 g/mol. The Morgan fingerprint density at radius 2 is 0.929 bits per heavy atom. The molecule has 1 aromatic rings. The lowest BCUT2D eigenvalue weighted by atomic mass is 9.78. The second-order valence-corrected chi connectivity index (χ2v) is 12.8. The summed E-state index contributed by atoms with van der Waals surface area (Å²) in [6.45, 7) is 0. The predicted molar refractivity (Wildman–Crippen MR) is 112 cm³/mol. The fourth-order valence-electron chi connectivity index (χ4n) is 6.29. The zero-order valence-electron chi connectivity index (χ0n) is 12.9. The van der Waals surface area contributed by atoms with E-state index in [1.165, 1.54) is 7.05 Å². The first kappa shape index (κ1) is 20.0. The molecule has 7 rings (SSSR count). The van der Waals surface area contributed by atoms with Crippen molar-refractivity contribution in [3.63, 3.8) is 0 Å². The van der Waals surface area contributed by atoms with Crippen molar-refractivity contribution in [2.45, 2.75) is 39.2 Å². The Bertz CT molecular complexity index is 1170. The van der Waals surface area contributed by atoms with Gasteiger partial charge in [0.05, 0.1) is 10.1 Å². The molecule has 15 heteroatoms. The van der Waals surface area contributed by atoms with Gasteiger partial charge in [-0.3, -0.25) is 0 Å². The Balaban J connectivity index is 1.98. The smallest absolute Gasteiger partial charge is 0.246 e. The van der Waals surface area contributed by atoms with E-state index in [1.54, 1.807) is 0 Å². The molecule has 4 saturated carbocycles. The predicted octanol–water partition coefficient (Wildman–Crippen LogP) is 3.75. The molecule has 8 bridgehead atoms. The number of aromatic nitrogens is 3. The van der Waals surface area contributed by atoms with Crippen LogP contribution in [-0.2, 0) is 17.0 Å². The Morgan fingerprint density at radius 3 is 1.25 bits per heavy atom. The number of fused-ring (bicyclic) bond motifs is 1. The fraction of sp³-hybridized carbons (Fsp3) is 0.692. The maximum atomic E-state index is 12.9. The molecule has 4 fully saturated rings. The van der Waals surface area contributed by atoms with Gasteiger partial charge in [-0.1, -0.05) is 46.4 Å². The highest BCUT2D eigenvalue weighted by Gasteiger charge is 3.21. The first-order chi connectivity index (χ1) is 12.5. The minimum absolute atomic E-state index is 0.196. The number of hydrogen-bond donors (Lipinski definition) is 0. The van der Waals surface area contributed by atoms with Crippen LogP contribution in [0.2, 0.25) is 0 Å². The third-order valence-corrected chi connectivity index (χ3v) is 15.7. The van der Waals surface area contributed by atoms with E-state index in [0.717, 1.165) is 13.9 Å². The van der Waals surface area contributed by atoms with Crippen LogP contribution in [0.1, 0.15) is 0 Å². The summed E-state index contributed by atoms with van der Waals surface area (Å²) in [6, 6.07) is 0. The molecule has 0 N–H and O–H groups in total. The van der Waals surface area contributed by atoms with Gasteiger partial charge in [-0.2, -0.15) is 0 Å². The van der Waals surface area contributed by atoms with E-state index in [9.17, 15) is 9.59 Å². The average Bonchev–Trinajstić information content (AvgIpc) is 3.15. The molecule has 0 spiro atoms. The molecule has 1 aliphatic heterocycles. The molecule has 1 aromatic heterocycles. The van der Waals surface area contributed by atoms with Crippen LogP contribution in [0.4, 0.5) is 0 Å². The van der Waals surface area contributed by atoms with Crippen LogP contribution >= 0.6 is 116 Å². The van der Waals surface area contributed by atoms with E-state index >= 15 is 0 Å². The van der Waals surface area contributed by atoms with Gasteiger partial charge in [0, 0.05) is 7.05 Å². The Hall–Kier alpha value is 1.38. The molecule has 0 radical (unpaired) electrons. The van der Waals surface area contributed by atoms with Gasteiger partial charge in [0.25, 0.3) is 0 Å². The zero-order chi connectivity index (χ0) is 21.0. The quantitative estimate of drug-likeness (QED) is 0.435. The van der Waals surface area contributed by atoms with Crippen LogP contribution < -0.4 is 11.4 Å². The third-order valence-electron chi connectivity index (χ3n) is 7.19. The SMILES string of the molecule is Cn1c(=O)n2n(c1=O)C1(Cl)C3(Cl)C4(Cl)C(Cl)=C(Cl)C5(Cl)C4(Cl)C1(Cl)C2(Cl)C53Cl. The number of allylic oxidation sites excluding steroid dienone is 2. The molecule has 2 heterocycles. The minimum atomic E-state index is -2.18. The molecule has 5 aliphatic carbocycles. The van der Waals surface area contributed by atoms with Crippen molar-refractivity contribution < 1.29 is 0 Å². The maximum Gasteiger partial charge on any atom is 0.348 e. The summed E-state index contributed by atoms with van der Waals surface area (Å²) in [5.74, 6) is 0. The molecule has 6 aliphatic rings. The average molecular weight is 588 g/mol. The standard InChI is InChI=1S/C13H3Cl10N3O2/c1-24-4(27)25-12(22)9(19)6(16)2(14)3(15)7(17)8(6,18)11(12,21)13(23,10(7,9)20)26(25)5(24)28/h1H3. The van der Waals surface area contributed by atoms with Crippen LogP contribution in [0, 0.1) is 0 Å². The molecular weight excluding hydrogens is 585 g/mol. The maximum absolute atomic E-state index is 12.9. The van der Waals surface area contributed by atoms with Crippen molar-refractivity contribution in [2.24, 2.45) is 7.05 Å². The number of hydrogen-bond acceptors (Lipinski definition) is 2. The first-order valence-corrected chi connectivity index (χ1v) is 11.3. The van der Waals surface area contributed by atoms with E-state index in [1.807, 2.05) is 0 Å². The van der Waals surface area contributed by atoms with Gasteiger partial charge in [0.2, 0.25) is 0 Å². The van der Waals surface area contributed by atoms with Crippen molar-refractivity contribution in [1.82, 2.24) is 13.9 Å². The van der Waals surface area contributed by atoms with E-state index in [2.05, 4.69) is 0 Å². The zero-order valence-corrected chi connectivity index (χ0v) is 20.5. The molecule has 152 valence electrons. The number of halogens is 10. The van der Waals surface area contributed by atoms with E-state index in [4.69, 9.17) is 116 Å². The van der Waals surface area contributed by atoms with E-state index < -0.39 is 50.6 Å². The highest BCUT2D eigenvalue weighted by atomic mass is 35.5. The first-order valence-electron chi connectivity index (χ1n) is 7.54. The Labute approximate surface area is 205 Å². The number of nitrogens with zero attached hydrogens (tertiary/aromatic N) is 3. The summed E-state index contributed by atoms with van der Waals surface area (Å²) in [4.78, 5) is 9.01. The molecule has 6 atom stereocenters. The summed E-state index contributed by atoms with van der Waals surface area (Å²) in [6.07, 6.45) is 0. The van der Waals surface area contributed by atoms with Gasteiger partial charge in [-0.15, -0.1) is 69.6 Å². The topological polar surface area (TPSA) is 48.9 Å². The second-order valence-electron chi connectivity index (χ2n) is 7.57. The summed E-state index contributed by atoms with van der Waals surface area (Å²) < 4.78 is 2.45. The summed E-state index contributed by atoms with van der Waals surface area (Å²) in [5, 5.41) is -0.392. The van der Waals surface area contributed by atoms with Gasteiger partial charge < -0.3 is 0 Å². The lowest BCUT2D eigenvalue weighted by Crippen LogP contribution is -2.74. The van der Waals surface area contributed by atoms with Gasteiger partial charge in [0.15, 0.2) is 10.00 Å². The van der Waals surface area contributed by atoms with E-state index in [-0.39, 0.29) is 10.1 Å². The highest BCUT2D eigenvalue weighted by molar-refractivity contribution is 6.71. The van der Waals surface area contributed by atoms with Gasteiger partial charge in [-0.05, 0) is 0 Å². The number of rotatable bonds is 0. The largest absolute Gasteiger partial charge is 0.348 e. The molecule has 6 unspecified atom stereocenters. The fourth-order valence-corrected chi connectivity index (χ4v) is 13.9. The molecule has 0 saturated heterocycles. The molecule has 0 amide bonds. The lowest BCUT2D eigenvalue weighted by molar-refractivity contribution is 0.189. The summed E-state index contributed by atoms with van der Waals surface area (Å²) in [7, 11) is 1.23. The minimum Gasteiger partial charge on any atom is -0.246 e. The third kappa shape index (κ3) is 0.981. The van der Waals surface area contributed by atoms with Crippen LogP contribution in [0.15, 0.2) is 19.7 Å². The van der Waals surface area contributed by atoms with E-state index in [0.29, 0.717) is 0 Å². The van der Waals surface area contributed by atoms with Gasteiger partial charge in [-0.25, -0.2) is 23.5 Å². The van der Waals surface area contributed by atoms with Crippen LogP contribution in [0.5, 0.6) is 0 Å². The Morgan fingerprint density at radius 1 is 0.607 bits per heavy atom. The molecule has 0 aromatic carbocycles. The second kappa shape index (κ2) is 4.30. The normalized spacial score (nSPS) is 62.0. The van der Waals surface area contributed by atoms with Crippen molar-refractivity contribution in [2.75, 3.05) is 0 Å². The van der Waals surface area contributed by atoms with Crippen molar-refractivity contribution >= 4 is 116 Å². The lowest BCUT2D eigenvalue weighted by Gasteiger charge is -2.55. The van der Waals surface area contributed by atoms with Gasteiger partial charge in [0.1, 0.15) is 29.2 Å². The molecule has 5 nitrogen and oxygen atoms in total. The van der Waals surface area contributed by atoms with Crippen LogP contribution in [-0.4, -0.2) is 43.2 Å². The van der Waals surface area contributed by atoms with Crippen LogP contribution in [0.3, 0.4) is 0 Å². The van der Waals surface area contributed by atoms with Crippen molar-refractivity contribution in [3.8, 4) is 0 Å². The van der Waals surface area contributed by atoms with Crippen molar-refractivity contribution in [3.05, 3.63) is 31.0 Å². The molecule has 28 heavy (non-hydrogen) atoms. The van der Waals surface area contributed by atoms with Crippen molar-refractivity contribution in [1.29, 1.82) is 0 Å². The molecular formula is C13H3Cl10N3O2. The highest BCUT2D eigenvalue weighted by Crippen LogP contribution is 3.03. The summed E-state index contributed by atoms with van der Waals surface area (Å²) in [5.41, 5.74) is -1.69. The van der Waals surface area contributed by atoms with Gasteiger partial charge >= 0.3 is 11.4 Å². The van der Waals surface area contributed by atoms with Crippen LogP contribution in [0.25, 0.3) is 0 Å².